The van der Waals surface area contributed by atoms with Crippen LogP contribution in [0.1, 0.15) is 48.2 Å². The lowest BCUT2D eigenvalue weighted by Gasteiger charge is -2.29. The fraction of sp³-hybridized carbons (Fsp3) is 0.643. The molecular weight excluding hydrogens is 288 g/mol. The van der Waals surface area contributed by atoms with E-state index in [1.165, 1.54) is 11.5 Å². The molecule has 7 heteroatoms. The van der Waals surface area contributed by atoms with E-state index >= 15 is 0 Å². The van der Waals surface area contributed by atoms with Gasteiger partial charge in [0.1, 0.15) is 0 Å². The zero-order chi connectivity index (χ0) is 15.2. The predicted octanol–water partition coefficient (Wildman–Crippen LogP) is 0.958. The second-order valence-corrected chi connectivity index (χ2v) is 6.07. The van der Waals surface area contributed by atoms with Gasteiger partial charge >= 0.3 is 0 Å². The molecule has 4 N–H and O–H groups in total. The van der Waals surface area contributed by atoms with E-state index in [2.05, 4.69) is 15.0 Å². The highest BCUT2D eigenvalue weighted by atomic mass is 32.1. The van der Waals surface area contributed by atoms with Crippen molar-refractivity contribution < 1.29 is 9.59 Å². The van der Waals surface area contributed by atoms with E-state index in [9.17, 15) is 9.59 Å². The lowest BCUT2D eigenvalue weighted by molar-refractivity contribution is -0.121. The standard InChI is InChI=1S/C14H22N4O2S/c1-9-12(8-21-18-9)14(20)17-11-4-2-10(3-5-11)16-13(19)6-7-15/h8,10-11H,2-7,15H2,1H3,(H,16,19)(H,17,20)/t10-,11-. The lowest BCUT2D eigenvalue weighted by Crippen LogP contribution is -2.44. The van der Waals surface area contributed by atoms with Crippen LogP contribution in [0.4, 0.5) is 0 Å². The number of carbonyl (C=O) groups is 2. The van der Waals surface area contributed by atoms with Crippen molar-refractivity contribution in [1.29, 1.82) is 0 Å². The first-order valence-electron chi connectivity index (χ1n) is 7.31. The molecule has 0 radical (unpaired) electrons. The molecule has 0 saturated heterocycles. The Hall–Kier alpha value is -1.47. The summed E-state index contributed by atoms with van der Waals surface area (Å²) in [5.41, 5.74) is 6.80. The molecule has 0 aromatic carbocycles. The minimum Gasteiger partial charge on any atom is -0.353 e. The molecule has 1 aliphatic carbocycles. The first kappa shape index (κ1) is 15.9. The van der Waals surface area contributed by atoms with Gasteiger partial charge in [-0.25, -0.2) is 0 Å². The smallest absolute Gasteiger partial charge is 0.254 e. The average molecular weight is 310 g/mol. The van der Waals surface area contributed by atoms with Crippen molar-refractivity contribution in [2.45, 2.75) is 51.1 Å². The quantitative estimate of drug-likeness (QED) is 0.754. The molecule has 1 fully saturated rings. The molecule has 6 nitrogen and oxygen atoms in total. The fourth-order valence-electron chi connectivity index (χ4n) is 2.59. The van der Waals surface area contributed by atoms with E-state index < -0.39 is 0 Å². The van der Waals surface area contributed by atoms with Crippen LogP contribution in [-0.2, 0) is 4.79 Å². The molecule has 21 heavy (non-hydrogen) atoms. The SMILES string of the molecule is Cc1nscc1C(=O)N[C@H]1CC[C@H](NC(=O)CCN)CC1. The van der Waals surface area contributed by atoms with Crippen molar-refractivity contribution in [2.75, 3.05) is 6.54 Å². The molecular formula is C14H22N4O2S. The molecule has 1 aromatic rings. The van der Waals surface area contributed by atoms with Gasteiger partial charge in [0.25, 0.3) is 5.91 Å². The normalized spacial score (nSPS) is 21.8. The Morgan fingerprint density at radius 2 is 1.90 bits per heavy atom. The molecule has 1 aliphatic rings. The Bertz CT molecular complexity index is 495. The molecule has 116 valence electrons. The highest BCUT2D eigenvalue weighted by molar-refractivity contribution is 7.03. The summed E-state index contributed by atoms with van der Waals surface area (Å²) in [7, 11) is 0. The number of nitrogens with one attached hydrogen (secondary N) is 2. The van der Waals surface area contributed by atoms with Gasteiger partial charge in [-0.15, -0.1) is 0 Å². The minimum absolute atomic E-state index is 0.0185. The van der Waals surface area contributed by atoms with E-state index in [1.54, 1.807) is 5.38 Å². The van der Waals surface area contributed by atoms with Crippen LogP contribution in [0.5, 0.6) is 0 Å². The number of nitrogens with zero attached hydrogens (tertiary/aromatic N) is 1. The number of aromatic nitrogens is 1. The van der Waals surface area contributed by atoms with Crippen molar-refractivity contribution in [2.24, 2.45) is 5.73 Å². The van der Waals surface area contributed by atoms with Crippen molar-refractivity contribution >= 4 is 23.3 Å². The molecule has 1 heterocycles. The molecule has 1 saturated carbocycles. The number of hydrogen-bond donors (Lipinski definition) is 3. The van der Waals surface area contributed by atoms with E-state index in [0.29, 0.717) is 18.5 Å². The van der Waals surface area contributed by atoms with Gasteiger partial charge in [-0.2, -0.15) is 4.37 Å². The summed E-state index contributed by atoms with van der Waals surface area (Å²) in [6.45, 7) is 2.22. The Balaban J connectivity index is 1.75. The van der Waals surface area contributed by atoms with Gasteiger partial charge < -0.3 is 16.4 Å². The maximum absolute atomic E-state index is 12.1. The number of carbonyl (C=O) groups excluding carboxylic acids is 2. The zero-order valence-corrected chi connectivity index (χ0v) is 13.0. The molecule has 0 unspecified atom stereocenters. The molecule has 0 spiro atoms. The number of rotatable bonds is 5. The molecule has 2 rings (SSSR count). The summed E-state index contributed by atoms with van der Waals surface area (Å²) in [6, 6.07) is 0.390. The van der Waals surface area contributed by atoms with Crippen LogP contribution in [0.3, 0.4) is 0 Å². The van der Waals surface area contributed by atoms with Crippen LogP contribution in [0.15, 0.2) is 5.38 Å². The van der Waals surface area contributed by atoms with E-state index in [-0.39, 0.29) is 23.9 Å². The summed E-state index contributed by atoms with van der Waals surface area (Å²) < 4.78 is 4.12. The highest BCUT2D eigenvalue weighted by Crippen LogP contribution is 2.19. The summed E-state index contributed by atoms with van der Waals surface area (Å²) in [4.78, 5) is 23.6. The van der Waals surface area contributed by atoms with Crippen LogP contribution in [-0.4, -0.2) is 34.8 Å². The number of aryl methyl sites for hydroxylation is 1. The van der Waals surface area contributed by atoms with Gasteiger partial charge in [-0.05, 0) is 44.1 Å². The van der Waals surface area contributed by atoms with E-state index in [4.69, 9.17) is 5.73 Å². The Labute approximate surface area is 128 Å². The van der Waals surface area contributed by atoms with Crippen molar-refractivity contribution in [3.05, 3.63) is 16.6 Å². The van der Waals surface area contributed by atoms with E-state index in [1.807, 2.05) is 6.92 Å². The van der Waals surface area contributed by atoms with Crippen LogP contribution in [0, 0.1) is 6.92 Å². The van der Waals surface area contributed by atoms with E-state index in [0.717, 1.165) is 31.4 Å². The molecule has 2 amide bonds. The van der Waals surface area contributed by atoms with Crippen molar-refractivity contribution in [1.82, 2.24) is 15.0 Å². The third kappa shape index (κ3) is 4.50. The lowest BCUT2D eigenvalue weighted by atomic mass is 9.91. The highest BCUT2D eigenvalue weighted by Gasteiger charge is 2.24. The molecule has 1 aromatic heterocycles. The Kier molecular flexibility index (Phi) is 5.69. The average Bonchev–Trinajstić information content (AvgIpc) is 2.87. The summed E-state index contributed by atoms with van der Waals surface area (Å²) in [6.07, 6.45) is 3.93. The molecule has 0 atom stereocenters. The first-order chi connectivity index (χ1) is 10.1. The largest absolute Gasteiger partial charge is 0.353 e. The monoisotopic (exact) mass is 310 g/mol. The van der Waals surface area contributed by atoms with Crippen molar-refractivity contribution in [3.8, 4) is 0 Å². The van der Waals surface area contributed by atoms with Crippen LogP contribution in [0.25, 0.3) is 0 Å². The first-order valence-corrected chi connectivity index (χ1v) is 8.15. The van der Waals surface area contributed by atoms with Gasteiger partial charge in [0.15, 0.2) is 0 Å². The third-order valence-electron chi connectivity index (χ3n) is 3.79. The summed E-state index contributed by atoms with van der Waals surface area (Å²) in [5, 5.41) is 7.83. The predicted molar refractivity (Wildman–Crippen MR) is 82.2 cm³/mol. The second kappa shape index (κ2) is 7.51. The number of hydrogen-bond acceptors (Lipinski definition) is 5. The summed E-state index contributed by atoms with van der Waals surface area (Å²) >= 11 is 1.30. The Morgan fingerprint density at radius 1 is 1.29 bits per heavy atom. The molecule has 0 bridgehead atoms. The zero-order valence-electron chi connectivity index (χ0n) is 12.2. The maximum Gasteiger partial charge on any atom is 0.254 e. The second-order valence-electron chi connectivity index (χ2n) is 5.44. The third-order valence-corrected chi connectivity index (χ3v) is 4.51. The van der Waals surface area contributed by atoms with Crippen LogP contribution < -0.4 is 16.4 Å². The maximum atomic E-state index is 12.1. The topological polar surface area (TPSA) is 97.1 Å². The summed E-state index contributed by atoms with van der Waals surface area (Å²) in [5.74, 6) is -0.0261. The number of amides is 2. The molecule has 0 aliphatic heterocycles. The van der Waals surface area contributed by atoms with Crippen LogP contribution in [0.2, 0.25) is 0 Å². The van der Waals surface area contributed by atoms with Gasteiger partial charge in [-0.3, -0.25) is 9.59 Å². The van der Waals surface area contributed by atoms with Gasteiger partial charge in [0.05, 0.1) is 11.3 Å². The van der Waals surface area contributed by atoms with Gasteiger partial charge in [0.2, 0.25) is 5.91 Å². The number of nitrogens with two attached hydrogens (primary N) is 1. The van der Waals surface area contributed by atoms with Crippen molar-refractivity contribution in [3.63, 3.8) is 0 Å². The minimum atomic E-state index is -0.0446. The van der Waals surface area contributed by atoms with Gasteiger partial charge in [0, 0.05) is 30.4 Å². The van der Waals surface area contributed by atoms with Crippen LogP contribution >= 0.6 is 11.5 Å². The fourth-order valence-corrected chi connectivity index (χ4v) is 3.28. The Morgan fingerprint density at radius 3 is 2.43 bits per heavy atom. The van der Waals surface area contributed by atoms with Gasteiger partial charge in [-0.1, -0.05) is 0 Å².